The van der Waals surface area contributed by atoms with Gasteiger partial charge in [0, 0.05) is 18.2 Å². The molecule has 0 unspecified atom stereocenters. The number of halogens is 2. The third-order valence-corrected chi connectivity index (χ3v) is 6.55. The largest absolute Gasteiger partial charge is 0.490 e. The van der Waals surface area contributed by atoms with Crippen LogP contribution in [0.1, 0.15) is 55.7 Å². The van der Waals surface area contributed by atoms with Crippen molar-refractivity contribution < 1.29 is 4.74 Å². The van der Waals surface area contributed by atoms with Crippen LogP contribution in [0.25, 0.3) is 5.69 Å². The van der Waals surface area contributed by atoms with Crippen LogP contribution in [0, 0.1) is 0 Å². The molecule has 2 fully saturated rings. The lowest BCUT2D eigenvalue weighted by atomic mass is 9.90. The maximum atomic E-state index is 6.63. The highest BCUT2D eigenvalue weighted by molar-refractivity contribution is 5.85. The molecule has 9 heteroatoms. The van der Waals surface area contributed by atoms with E-state index in [0.717, 1.165) is 55.8 Å². The van der Waals surface area contributed by atoms with Crippen LogP contribution in [0.4, 0.5) is 0 Å². The number of hydrogen-bond donors (Lipinski definition) is 1. The van der Waals surface area contributed by atoms with Gasteiger partial charge < -0.3 is 10.5 Å². The van der Waals surface area contributed by atoms with Gasteiger partial charge in [-0.3, -0.25) is 4.90 Å². The van der Waals surface area contributed by atoms with Crippen LogP contribution >= 0.6 is 24.8 Å². The SMILES string of the molecule is Cl.Cl.N[C@H]1CCCN(Cc2cc(-n3cnnn3)ccc2OC2CCCC2)[C@H]1c1ccccc1. The van der Waals surface area contributed by atoms with E-state index in [1.165, 1.54) is 18.4 Å². The number of hydrogen-bond acceptors (Lipinski definition) is 6. The Morgan fingerprint density at radius 3 is 2.48 bits per heavy atom. The van der Waals surface area contributed by atoms with Crippen LogP contribution < -0.4 is 10.5 Å². The predicted molar refractivity (Wildman–Crippen MR) is 133 cm³/mol. The highest BCUT2D eigenvalue weighted by Crippen LogP contribution is 2.35. The van der Waals surface area contributed by atoms with E-state index in [2.05, 4.69) is 62.9 Å². The Hall–Kier alpha value is -2.19. The average molecular weight is 491 g/mol. The van der Waals surface area contributed by atoms with Crippen molar-refractivity contribution in [1.82, 2.24) is 25.1 Å². The van der Waals surface area contributed by atoms with Crippen molar-refractivity contribution in [2.75, 3.05) is 6.54 Å². The van der Waals surface area contributed by atoms with Gasteiger partial charge in [-0.15, -0.1) is 29.9 Å². The monoisotopic (exact) mass is 490 g/mol. The number of aromatic nitrogens is 4. The molecule has 2 atom stereocenters. The Bertz CT molecular complexity index is 982. The number of tetrazole rings is 1. The summed E-state index contributed by atoms with van der Waals surface area (Å²) in [6.07, 6.45) is 8.86. The fourth-order valence-electron chi connectivity index (χ4n) is 5.01. The summed E-state index contributed by atoms with van der Waals surface area (Å²) in [5, 5.41) is 11.6. The zero-order chi connectivity index (χ0) is 21.0. The minimum atomic E-state index is 0. The molecule has 33 heavy (non-hydrogen) atoms. The van der Waals surface area contributed by atoms with Gasteiger partial charge >= 0.3 is 0 Å². The van der Waals surface area contributed by atoms with Crippen LogP contribution in [0.5, 0.6) is 5.75 Å². The van der Waals surface area contributed by atoms with Gasteiger partial charge in [-0.1, -0.05) is 30.3 Å². The van der Waals surface area contributed by atoms with Gasteiger partial charge in [-0.2, -0.15) is 0 Å². The lowest BCUT2D eigenvalue weighted by molar-refractivity contribution is 0.117. The average Bonchev–Trinajstić information content (AvgIpc) is 3.50. The Morgan fingerprint density at radius 1 is 0.970 bits per heavy atom. The summed E-state index contributed by atoms with van der Waals surface area (Å²) in [4.78, 5) is 2.50. The van der Waals surface area contributed by atoms with Gasteiger partial charge in [0.25, 0.3) is 0 Å². The van der Waals surface area contributed by atoms with Gasteiger partial charge in [-0.25, -0.2) is 4.68 Å². The molecule has 2 aliphatic rings. The van der Waals surface area contributed by atoms with Gasteiger partial charge in [-0.05, 0) is 79.3 Å². The number of rotatable bonds is 6. The Labute approximate surface area is 207 Å². The molecule has 2 heterocycles. The molecule has 1 saturated carbocycles. The van der Waals surface area contributed by atoms with Crippen molar-refractivity contribution in [3.8, 4) is 11.4 Å². The number of ether oxygens (including phenoxy) is 1. The second kappa shape index (κ2) is 11.8. The molecule has 178 valence electrons. The Balaban J connectivity index is 0.00000153. The summed E-state index contributed by atoms with van der Waals surface area (Å²) in [6, 6.07) is 17.2. The van der Waals surface area contributed by atoms with Crippen molar-refractivity contribution in [3.63, 3.8) is 0 Å². The van der Waals surface area contributed by atoms with Crippen LogP contribution in [0.3, 0.4) is 0 Å². The zero-order valence-corrected chi connectivity index (χ0v) is 20.3. The Kier molecular flexibility index (Phi) is 9.09. The number of likely N-dealkylation sites (tertiary alicyclic amines) is 1. The quantitative estimate of drug-likeness (QED) is 0.547. The second-order valence-electron chi connectivity index (χ2n) is 8.70. The van der Waals surface area contributed by atoms with Crippen LogP contribution in [0.2, 0.25) is 0 Å². The standard InChI is InChI=1S/C24H30N6O.2ClH/c25-22-11-6-14-29(24(22)18-7-2-1-3-8-18)16-19-15-20(30-17-26-27-28-30)12-13-23(19)31-21-9-4-5-10-21;;/h1-3,7-8,12-13,15,17,21-22,24H,4-6,9-11,14,16,25H2;2*1H/t22-,24-;;/m0../s1. The van der Waals surface area contributed by atoms with E-state index in [1.807, 2.05) is 6.07 Å². The maximum absolute atomic E-state index is 6.63. The minimum Gasteiger partial charge on any atom is -0.490 e. The first-order valence-electron chi connectivity index (χ1n) is 11.4. The molecule has 0 spiro atoms. The third kappa shape index (κ3) is 5.84. The lowest BCUT2D eigenvalue weighted by Gasteiger charge is -2.40. The fraction of sp³-hybridized carbons (Fsp3) is 0.458. The summed E-state index contributed by atoms with van der Waals surface area (Å²) in [7, 11) is 0. The minimum absolute atomic E-state index is 0. The van der Waals surface area contributed by atoms with Crippen molar-refractivity contribution >= 4 is 24.8 Å². The fourth-order valence-corrected chi connectivity index (χ4v) is 5.01. The van der Waals surface area contributed by atoms with E-state index in [9.17, 15) is 0 Å². The van der Waals surface area contributed by atoms with Crippen molar-refractivity contribution in [2.45, 2.75) is 63.3 Å². The molecule has 2 N–H and O–H groups in total. The third-order valence-electron chi connectivity index (χ3n) is 6.55. The summed E-state index contributed by atoms with van der Waals surface area (Å²) in [5.41, 5.74) is 10.0. The Morgan fingerprint density at radius 2 is 1.76 bits per heavy atom. The van der Waals surface area contributed by atoms with Crippen LogP contribution in [-0.4, -0.2) is 43.8 Å². The number of piperidine rings is 1. The van der Waals surface area contributed by atoms with E-state index in [4.69, 9.17) is 10.5 Å². The number of nitrogens with zero attached hydrogens (tertiary/aromatic N) is 5. The molecule has 1 aliphatic heterocycles. The van der Waals surface area contributed by atoms with Gasteiger partial charge in [0.1, 0.15) is 12.1 Å². The molecule has 1 aliphatic carbocycles. The first-order valence-corrected chi connectivity index (χ1v) is 11.4. The van der Waals surface area contributed by atoms with Gasteiger partial charge in [0.15, 0.2) is 0 Å². The summed E-state index contributed by atoms with van der Waals surface area (Å²) < 4.78 is 8.16. The van der Waals surface area contributed by atoms with Crippen molar-refractivity contribution in [2.24, 2.45) is 5.73 Å². The highest BCUT2D eigenvalue weighted by atomic mass is 35.5. The molecule has 0 bridgehead atoms. The molecular formula is C24H32Cl2N6O. The number of nitrogens with two attached hydrogens (primary N) is 1. The van der Waals surface area contributed by atoms with Crippen LogP contribution in [0.15, 0.2) is 54.9 Å². The molecular weight excluding hydrogens is 459 g/mol. The highest BCUT2D eigenvalue weighted by Gasteiger charge is 2.31. The molecule has 5 rings (SSSR count). The van der Waals surface area contributed by atoms with Gasteiger partial charge in [0.2, 0.25) is 0 Å². The summed E-state index contributed by atoms with van der Waals surface area (Å²) in [5.74, 6) is 0.967. The smallest absolute Gasteiger partial charge is 0.143 e. The molecule has 0 radical (unpaired) electrons. The van der Waals surface area contributed by atoms with E-state index in [-0.39, 0.29) is 36.9 Å². The zero-order valence-electron chi connectivity index (χ0n) is 18.6. The van der Waals surface area contributed by atoms with E-state index < -0.39 is 0 Å². The van der Waals surface area contributed by atoms with Crippen molar-refractivity contribution in [3.05, 3.63) is 66.0 Å². The molecule has 7 nitrogen and oxygen atoms in total. The normalized spacial score (nSPS) is 21.2. The molecule has 0 amide bonds. The number of benzene rings is 2. The molecule has 1 aromatic heterocycles. The van der Waals surface area contributed by atoms with E-state index >= 15 is 0 Å². The summed E-state index contributed by atoms with van der Waals surface area (Å²) >= 11 is 0. The topological polar surface area (TPSA) is 82.1 Å². The van der Waals surface area contributed by atoms with Gasteiger partial charge in [0.05, 0.1) is 17.8 Å². The molecule has 2 aromatic carbocycles. The van der Waals surface area contributed by atoms with E-state index in [0.29, 0.717) is 6.10 Å². The molecule has 1 saturated heterocycles. The lowest BCUT2D eigenvalue weighted by Crippen LogP contribution is -2.45. The second-order valence-corrected chi connectivity index (χ2v) is 8.70. The summed E-state index contributed by atoms with van der Waals surface area (Å²) in [6.45, 7) is 1.80. The van der Waals surface area contributed by atoms with Crippen LogP contribution in [-0.2, 0) is 6.54 Å². The molecule has 3 aromatic rings. The first kappa shape index (κ1) is 25.4. The van der Waals surface area contributed by atoms with E-state index in [1.54, 1.807) is 11.0 Å². The maximum Gasteiger partial charge on any atom is 0.143 e. The van der Waals surface area contributed by atoms with Crippen molar-refractivity contribution in [1.29, 1.82) is 0 Å². The first-order chi connectivity index (χ1) is 15.3. The predicted octanol–water partition coefficient (Wildman–Crippen LogP) is 4.49.